The van der Waals surface area contributed by atoms with Gasteiger partial charge in [0, 0.05) is 25.0 Å². The first-order valence-electron chi connectivity index (χ1n) is 12.8. The first-order chi connectivity index (χ1) is 17.8. The predicted octanol–water partition coefficient (Wildman–Crippen LogP) is 6.65. The Hall–Kier alpha value is -3.96. The summed E-state index contributed by atoms with van der Waals surface area (Å²) in [6.45, 7) is 2.42. The minimum atomic E-state index is 0.280. The van der Waals surface area contributed by atoms with Crippen molar-refractivity contribution in [1.29, 1.82) is 0 Å². The highest BCUT2D eigenvalue weighted by atomic mass is 15.2. The quantitative estimate of drug-likeness (QED) is 0.265. The van der Waals surface area contributed by atoms with Gasteiger partial charge in [0.05, 0.1) is 29.3 Å². The molecule has 1 atom stereocenters. The summed E-state index contributed by atoms with van der Waals surface area (Å²) < 4.78 is 0. The number of aromatic amines is 1. The Balaban J connectivity index is 1.23. The molecule has 2 heterocycles. The van der Waals surface area contributed by atoms with Crippen LogP contribution in [0.1, 0.15) is 47.1 Å². The van der Waals surface area contributed by atoms with Crippen LogP contribution in [0.2, 0.25) is 0 Å². The van der Waals surface area contributed by atoms with Gasteiger partial charge >= 0.3 is 0 Å². The molecule has 1 aliphatic rings. The van der Waals surface area contributed by atoms with Crippen LogP contribution in [0.5, 0.6) is 0 Å². The fourth-order valence-corrected chi connectivity index (χ4v) is 5.25. The third-order valence-corrected chi connectivity index (χ3v) is 7.08. The summed E-state index contributed by atoms with van der Waals surface area (Å²) in [7, 11) is 0. The molecule has 0 amide bonds. The number of rotatable bonds is 8. The van der Waals surface area contributed by atoms with Crippen molar-refractivity contribution in [3.8, 4) is 0 Å². The second-order valence-corrected chi connectivity index (χ2v) is 9.60. The average Bonchev–Trinajstić information content (AvgIpc) is 3.35. The summed E-state index contributed by atoms with van der Waals surface area (Å²) in [6, 6.07) is 32.2. The van der Waals surface area contributed by atoms with E-state index in [1.807, 2.05) is 18.3 Å². The minimum absolute atomic E-state index is 0.280. The van der Waals surface area contributed by atoms with Gasteiger partial charge in [-0.15, -0.1) is 0 Å². The van der Waals surface area contributed by atoms with Crippen molar-refractivity contribution in [1.82, 2.24) is 19.9 Å². The highest BCUT2D eigenvalue weighted by Crippen LogP contribution is 2.34. The number of nitrogens with one attached hydrogen (secondary N) is 2. The lowest BCUT2D eigenvalue weighted by atomic mass is 9.90. The van der Waals surface area contributed by atoms with Crippen molar-refractivity contribution in [2.45, 2.75) is 44.9 Å². The molecule has 2 N–H and O–H groups in total. The van der Waals surface area contributed by atoms with Gasteiger partial charge in [0.15, 0.2) is 0 Å². The van der Waals surface area contributed by atoms with E-state index in [1.165, 1.54) is 28.8 Å². The largest absolute Gasteiger partial charge is 0.381 e. The zero-order chi connectivity index (χ0) is 24.2. The molecule has 0 radical (unpaired) electrons. The van der Waals surface area contributed by atoms with Gasteiger partial charge in [0.1, 0.15) is 5.82 Å². The van der Waals surface area contributed by atoms with Crippen LogP contribution in [0, 0.1) is 0 Å². The lowest BCUT2D eigenvalue weighted by Crippen LogP contribution is -2.31. The first kappa shape index (κ1) is 22.5. The topological polar surface area (TPSA) is 56.8 Å². The maximum absolute atomic E-state index is 4.89. The number of fused-ring (bicyclic) bond motifs is 2. The van der Waals surface area contributed by atoms with Gasteiger partial charge in [-0.05, 0) is 66.3 Å². The molecule has 0 bridgehead atoms. The van der Waals surface area contributed by atoms with Gasteiger partial charge in [-0.1, -0.05) is 60.7 Å². The summed E-state index contributed by atoms with van der Waals surface area (Å²) in [5.41, 5.74) is 8.43. The number of aryl methyl sites for hydroxylation is 1. The standard InChI is InChI=1S/C31H31N5/c1-2-10-26(11-3-1)33-20-23-15-17-24(18-16-23)21-36(22-30-34-27-12-4-5-13-28(27)35-30)29-14-6-8-25-9-7-19-32-31(25)29/h1-5,7,9-13,15-19,29,33H,6,8,14,20-22H2,(H,34,35). The number of para-hydroxylation sites is 3. The molecule has 5 heteroatoms. The van der Waals surface area contributed by atoms with E-state index in [0.29, 0.717) is 0 Å². The smallest absolute Gasteiger partial charge is 0.121 e. The molecular weight excluding hydrogens is 442 g/mol. The Kier molecular flexibility index (Phi) is 6.46. The van der Waals surface area contributed by atoms with E-state index in [0.717, 1.165) is 55.0 Å². The fraction of sp³-hybridized carbons (Fsp3) is 0.226. The Bertz CT molecular complexity index is 1390. The van der Waals surface area contributed by atoms with Crippen LogP contribution in [-0.2, 0) is 26.1 Å². The molecule has 3 aromatic carbocycles. The first-order valence-corrected chi connectivity index (χ1v) is 12.8. The molecular formula is C31H31N5. The van der Waals surface area contributed by atoms with E-state index in [9.17, 15) is 0 Å². The number of hydrogen-bond donors (Lipinski definition) is 2. The van der Waals surface area contributed by atoms with Gasteiger partial charge < -0.3 is 10.3 Å². The van der Waals surface area contributed by atoms with Gasteiger partial charge in [0.2, 0.25) is 0 Å². The van der Waals surface area contributed by atoms with E-state index >= 15 is 0 Å². The van der Waals surface area contributed by atoms with Crippen LogP contribution < -0.4 is 5.32 Å². The van der Waals surface area contributed by atoms with E-state index in [4.69, 9.17) is 9.97 Å². The molecule has 5 nitrogen and oxygen atoms in total. The Morgan fingerprint density at radius 3 is 2.50 bits per heavy atom. The average molecular weight is 474 g/mol. The molecule has 6 rings (SSSR count). The summed E-state index contributed by atoms with van der Waals surface area (Å²) in [5.74, 6) is 1.00. The molecule has 2 aromatic heterocycles. The number of anilines is 1. The van der Waals surface area contributed by atoms with Gasteiger partial charge in [-0.2, -0.15) is 0 Å². The molecule has 1 aliphatic carbocycles. The van der Waals surface area contributed by atoms with Crippen molar-refractivity contribution in [2.75, 3.05) is 5.32 Å². The van der Waals surface area contributed by atoms with Crippen molar-refractivity contribution in [2.24, 2.45) is 0 Å². The van der Waals surface area contributed by atoms with E-state index in [-0.39, 0.29) is 6.04 Å². The second-order valence-electron chi connectivity index (χ2n) is 9.60. The minimum Gasteiger partial charge on any atom is -0.381 e. The number of H-pyrrole nitrogens is 1. The highest BCUT2D eigenvalue weighted by Gasteiger charge is 2.28. The number of benzene rings is 3. The lowest BCUT2D eigenvalue weighted by molar-refractivity contribution is 0.153. The van der Waals surface area contributed by atoms with Crippen LogP contribution in [-0.4, -0.2) is 19.9 Å². The number of aromatic nitrogens is 3. The Morgan fingerprint density at radius 2 is 1.64 bits per heavy atom. The summed E-state index contributed by atoms with van der Waals surface area (Å²) >= 11 is 0. The summed E-state index contributed by atoms with van der Waals surface area (Å²) in [5, 5.41) is 3.50. The normalized spacial score (nSPS) is 15.2. The van der Waals surface area contributed by atoms with Crippen LogP contribution in [0.15, 0.2) is 97.2 Å². The van der Waals surface area contributed by atoms with Crippen LogP contribution >= 0.6 is 0 Å². The van der Waals surface area contributed by atoms with Crippen molar-refractivity contribution in [3.05, 3.63) is 125 Å². The molecule has 0 saturated heterocycles. The van der Waals surface area contributed by atoms with Crippen molar-refractivity contribution in [3.63, 3.8) is 0 Å². The van der Waals surface area contributed by atoms with Crippen LogP contribution in [0.3, 0.4) is 0 Å². The molecule has 0 fully saturated rings. The van der Waals surface area contributed by atoms with E-state index in [2.05, 4.69) is 94.1 Å². The molecule has 180 valence electrons. The third-order valence-electron chi connectivity index (χ3n) is 7.08. The second kappa shape index (κ2) is 10.3. The number of pyridine rings is 1. The summed E-state index contributed by atoms with van der Waals surface area (Å²) in [4.78, 5) is 15.8. The van der Waals surface area contributed by atoms with Crippen molar-refractivity contribution < 1.29 is 0 Å². The molecule has 1 unspecified atom stereocenters. The van der Waals surface area contributed by atoms with Crippen LogP contribution in [0.25, 0.3) is 11.0 Å². The predicted molar refractivity (Wildman–Crippen MR) is 145 cm³/mol. The fourth-order valence-electron chi connectivity index (χ4n) is 5.25. The highest BCUT2D eigenvalue weighted by molar-refractivity contribution is 5.74. The molecule has 0 saturated carbocycles. The Labute approximate surface area is 212 Å². The molecule has 0 spiro atoms. The van der Waals surface area contributed by atoms with Gasteiger partial charge in [0.25, 0.3) is 0 Å². The number of imidazole rings is 1. The zero-order valence-electron chi connectivity index (χ0n) is 20.4. The molecule has 5 aromatic rings. The summed E-state index contributed by atoms with van der Waals surface area (Å²) in [6.07, 6.45) is 5.35. The monoisotopic (exact) mass is 473 g/mol. The maximum Gasteiger partial charge on any atom is 0.121 e. The molecule has 0 aliphatic heterocycles. The van der Waals surface area contributed by atoms with Gasteiger partial charge in [-0.25, -0.2) is 4.98 Å². The lowest BCUT2D eigenvalue weighted by Gasteiger charge is -2.34. The third kappa shape index (κ3) is 5.02. The van der Waals surface area contributed by atoms with E-state index in [1.54, 1.807) is 0 Å². The zero-order valence-corrected chi connectivity index (χ0v) is 20.4. The van der Waals surface area contributed by atoms with Gasteiger partial charge in [-0.3, -0.25) is 9.88 Å². The molecule has 36 heavy (non-hydrogen) atoms. The Morgan fingerprint density at radius 1 is 0.833 bits per heavy atom. The van der Waals surface area contributed by atoms with Crippen LogP contribution in [0.4, 0.5) is 5.69 Å². The SMILES string of the molecule is c1ccc(NCc2ccc(CN(Cc3nc4ccccc4[nH]3)C3CCCc4cccnc43)cc2)cc1. The van der Waals surface area contributed by atoms with Crippen molar-refractivity contribution >= 4 is 16.7 Å². The maximum atomic E-state index is 4.89. The van der Waals surface area contributed by atoms with E-state index < -0.39 is 0 Å². The number of nitrogens with zero attached hydrogens (tertiary/aromatic N) is 3. The number of hydrogen-bond acceptors (Lipinski definition) is 4.